The first-order valence-electron chi connectivity index (χ1n) is 7.30. The number of rotatable bonds is 3. The van der Waals surface area contributed by atoms with Crippen LogP contribution in [0.1, 0.15) is 27.3 Å². The van der Waals surface area contributed by atoms with Gasteiger partial charge in [0.1, 0.15) is 11.4 Å². The fourth-order valence-electron chi connectivity index (χ4n) is 1.92. The van der Waals surface area contributed by atoms with Crippen LogP contribution in [0.3, 0.4) is 0 Å². The lowest BCUT2D eigenvalue weighted by atomic mass is 10.2. The molecular formula is C17H9F3N4O3. The third-order valence-corrected chi connectivity index (χ3v) is 3.22. The highest BCUT2D eigenvalue weighted by Gasteiger charge is 2.30. The smallest absolute Gasteiger partial charge is 0.417 e. The lowest BCUT2D eigenvalue weighted by Crippen LogP contribution is -2.05. The number of carboxylic acid groups (broad SMARTS) is 1. The van der Waals surface area contributed by atoms with Crippen molar-refractivity contribution in [2.24, 2.45) is 0 Å². The first-order valence-corrected chi connectivity index (χ1v) is 7.30. The molecule has 27 heavy (non-hydrogen) atoms. The number of benzene rings is 1. The van der Waals surface area contributed by atoms with Crippen LogP contribution in [0.4, 0.5) is 13.2 Å². The maximum absolute atomic E-state index is 12.5. The van der Waals surface area contributed by atoms with Crippen LogP contribution >= 0.6 is 0 Å². The van der Waals surface area contributed by atoms with E-state index in [1.165, 1.54) is 18.2 Å². The van der Waals surface area contributed by atoms with Crippen LogP contribution in [0.15, 0.2) is 42.6 Å². The highest BCUT2D eigenvalue weighted by Crippen LogP contribution is 2.28. The third-order valence-electron chi connectivity index (χ3n) is 3.22. The summed E-state index contributed by atoms with van der Waals surface area (Å²) >= 11 is 0. The molecule has 0 spiro atoms. The van der Waals surface area contributed by atoms with Crippen molar-refractivity contribution in [3.05, 3.63) is 65.1 Å². The van der Waals surface area contributed by atoms with Gasteiger partial charge in [0, 0.05) is 11.8 Å². The molecule has 1 aromatic carbocycles. The summed E-state index contributed by atoms with van der Waals surface area (Å²) in [5, 5.41) is 18.0. The largest absolute Gasteiger partial charge is 0.476 e. The number of carboxylic acids is 1. The van der Waals surface area contributed by atoms with Gasteiger partial charge in [0.25, 0.3) is 5.88 Å². The summed E-state index contributed by atoms with van der Waals surface area (Å²) in [6.45, 7) is 0. The van der Waals surface area contributed by atoms with Crippen LogP contribution < -0.4 is 4.74 Å². The minimum Gasteiger partial charge on any atom is -0.476 e. The number of hydrogen-bond acceptors (Lipinski definition) is 5. The number of nitrogens with zero attached hydrogens (tertiary/aromatic N) is 3. The van der Waals surface area contributed by atoms with Gasteiger partial charge in [-0.1, -0.05) is 16.2 Å². The molecule has 0 fully saturated rings. The van der Waals surface area contributed by atoms with Gasteiger partial charge in [-0.05, 0) is 42.3 Å². The number of ether oxygens (including phenoxy) is 1. The molecule has 0 amide bonds. The van der Waals surface area contributed by atoms with Crippen LogP contribution in [0.2, 0.25) is 0 Å². The molecule has 10 heteroatoms. The Balaban J connectivity index is 1.70. The molecule has 0 aliphatic rings. The molecule has 0 unspecified atom stereocenters. The van der Waals surface area contributed by atoms with Gasteiger partial charge in [0.05, 0.1) is 5.56 Å². The normalized spacial score (nSPS) is 10.8. The number of pyridine rings is 1. The van der Waals surface area contributed by atoms with Crippen LogP contribution in [-0.4, -0.2) is 31.5 Å². The van der Waals surface area contributed by atoms with Crippen molar-refractivity contribution in [2.45, 2.75) is 6.18 Å². The summed E-state index contributed by atoms with van der Waals surface area (Å²) in [5.41, 5.74) is -0.380. The summed E-state index contributed by atoms with van der Waals surface area (Å²) < 4.78 is 42.8. The molecule has 0 bridgehead atoms. The quantitative estimate of drug-likeness (QED) is 0.683. The molecule has 0 aliphatic carbocycles. The number of aromatic carboxylic acids is 1. The number of hydrogen-bond donors (Lipinski definition) is 2. The molecule has 0 saturated carbocycles. The first kappa shape index (κ1) is 17.9. The van der Waals surface area contributed by atoms with Gasteiger partial charge in [-0.3, -0.25) is 0 Å². The van der Waals surface area contributed by atoms with Crippen molar-refractivity contribution in [1.82, 2.24) is 20.4 Å². The number of alkyl halides is 3. The maximum Gasteiger partial charge on any atom is 0.417 e. The van der Waals surface area contributed by atoms with Crippen molar-refractivity contribution in [3.8, 4) is 23.5 Å². The average molecular weight is 374 g/mol. The van der Waals surface area contributed by atoms with E-state index in [-0.39, 0.29) is 17.3 Å². The number of carbonyl (C=O) groups is 1. The van der Waals surface area contributed by atoms with E-state index in [9.17, 15) is 18.0 Å². The third kappa shape index (κ3) is 4.40. The molecule has 2 N–H and O–H groups in total. The van der Waals surface area contributed by atoms with Crippen molar-refractivity contribution >= 4 is 5.97 Å². The van der Waals surface area contributed by atoms with Gasteiger partial charge in [-0.2, -0.15) is 13.2 Å². The molecule has 7 nitrogen and oxygen atoms in total. The molecule has 0 aliphatic heterocycles. The minimum absolute atomic E-state index is 0.185. The Labute approximate surface area is 149 Å². The Bertz CT molecular complexity index is 1020. The second-order valence-corrected chi connectivity index (χ2v) is 5.10. The maximum atomic E-state index is 12.5. The molecule has 0 saturated heterocycles. The van der Waals surface area contributed by atoms with E-state index in [0.717, 1.165) is 12.3 Å². The molecular weight excluding hydrogens is 365 g/mol. The summed E-state index contributed by atoms with van der Waals surface area (Å²) in [6, 6.07) is 8.34. The topological polar surface area (TPSA) is 101 Å². The predicted molar refractivity (Wildman–Crippen MR) is 85.1 cm³/mol. The number of aromatic amines is 1. The molecule has 0 atom stereocenters. The zero-order chi connectivity index (χ0) is 19.4. The number of nitrogens with one attached hydrogen (secondary N) is 1. The monoisotopic (exact) mass is 374 g/mol. The van der Waals surface area contributed by atoms with E-state index in [2.05, 4.69) is 32.2 Å². The lowest BCUT2D eigenvalue weighted by molar-refractivity contribution is -0.137. The predicted octanol–water partition coefficient (Wildman–Crippen LogP) is 3.11. The van der Waals surface area contributed by atoms with Gasteiger partial charge < -0.3 is 9.84 Å². The highest BCUT2D eigenvalue weighted by atomic mass is 19.4. The summed E-state index contributed by atoms with van der Waals surface area (Å²) in [7, 11) is 0. The second-order valence-electron chi connectivity index (χ2n) is 5.10. The first-order chi connectivity index (χ1) is 12.8. The van der Waals surface area contributed by atoms with E-state index >= 15 is 0 Å². The molecule has 3 aromatic rings. The number of H-pyrrole nitrogens is 1. The van der Waals surface area contributed by atoms with E-state index in [4.69, 9.17) is 9.84 Å². The molecule has 2 aromatic heterocycles. The molecule has 136 valence electrons. The SMILES string of the molecule is O=C(O)c1[nH]nnc1Oc1ccc(C#Cc2ccc(C(F)(F)F)cn2)cc1. The number of aromatic nitrogens is 4. The molecule has 0 radical (unpaired) electrons. The van der Waals surface area contributed by atoms with Crippen LogP contribution in [0, 0.1) is 11.8 Å². The van der Waals surface area contributed by atoms with Gasteiger partial charge in [0.2, 0.25) is 5.69 Å². The Hall–Kier alpha value is -3.87. The Morgan fingerprint density at radius 3 is 2.44 bits per heavy atom. The molecule has 3 rings (SSSR count). The average Bonchev–Trinajstić information content (AvgIpc) is 3.09. The second kappa shape index (κ2) is 7.17. The molecule has 2 heterocycles. The van der Waals surface area contributed by atoms with E-state index in [0.29, 0.717) is 11.3 Å². The van der Waals surface area contributed by atoms with E-state index < -0.39 is 17.7 Å². The fourth-order valence-corrected chi connectivity index (χ4v) is 1.92. The van der Waals surface area contributed by atoms with Crippen molar-refractivity contribution in [1.29, 1.82) is 0 Å². The van der Waals surface area contributed by atoms with Crippen LogP contribution in [0.25, 0.3) is 0 Å². The Kier molecular flexibility index (Phi) is 4.76. The fraction of sp³-hybridized carbons (Fsp3) is 0.0588. The van der Waals surface area contributed by atoms with Crippen molar-refractivity contribution in [2.75, 3.05) is 0 Å². The van der Waals surface area contributed by atoms with Gasteiger partial charge >= 0.3 is 12.1 Å². The highest BCUT2D eigenvalue weighted by molar-refractivity contribution is 5.87. The van der Waals surface area contributed by atoms with Gasteiger partial charge in [-0.25, -0.2) is 14.9 Å². The van der Waals surface area contributed by atoms with Crippen LogP contribution in [-0.2, 0) is 6.18 Å². The van der Waals surface area contributed by atoms with Gasteiger partial charge in [-0.15, -0.1) is 0 Å². The van der Waals surface area contributed by atoms with E-state index in [1.807, 2.05) is 0 Å². The summed E-state index contributed by atoms with van der Waals surface area (Å²) in [4.78, 5) is 14.6. The number of halogens is 3. The van der Waals surface area contributed by atoms with Crippen molar-refractivity contribution < 1.29 is 27.8 Å². The Morgan fingerprint density at radius 2 is 1.85 bits per heavy atom. The lowest BCUT2D eigenvalue weighted by Gasteiger charge is -2.04. The zero-order valence-electron chi connectivity index (χ0n) is 13.3. The Morgan fingerprint density at radius 1 is 1.11 bits per heavy atom. The van der Waals surface area contributed by atoms with Gasteiger partial charge in [0.15, 0.2) is 0 Å². The zero-order valence-corrected chi connectivity index (χ0v) is 13.3. The summed E-state index contributed by atoms with van der Waals surface area (Å²) in [5.74, 6) is 4.27. The van der Waals surface area contributed by atoms with Crippen molar-refractivity contribution in [3.63, 3.8) is 0 Å². The minimum atomic E-state index is -4.45. The van der Waals surface area contributed by atoms with Crippen LogP contribution in [0.5, 0.6) is 11.6 Å². The summed E-state index contributed by atoms with van der Waals surface area (Å²) in [6.07, 6.45) is -3.72. The standard InChI is InChI=1S/C17H9F3N4O3/c18-17(19,20)11-4-6-12(21-9-11)5-1-10-2-7-13(8-3-10)27-15-14(16(25)26)22-24-23-15/h2-4,6-9H,(H,25,26)(H,22,23,24). The van der Waals surface area contributed by atoms with E-state index in [1.54, 1.807) is 12.1 Å².